The molecule has 0 aromatic carbocycles. The molecule has 2 unspecified atom stereocenters. The van der Waals surface area contributed by atoms with Crippen LogP contribution in [0, 0.1) is 5.92 Å². The van der Waals surface area contributed by atoms with E-state index in [1.807, 2.05) is 11.6 Å². The van der Waals surface area contributed by atoms with Crippen molar-refractivity contribution in [3.63, 3.8) is 0 Å². The molecule has 2 heterocycles. The van der Waals surface area contributed by atoms with Crippen molar-refractivity contribution in [1.82, 2.24) is 19.7 Å². The van der Waals surface area contributed by atoms with E-state index < -0.39 is 5.54 Å². The monoisotopic (exact) mass is 261 g/mol. The zero-order chi connectivity index (χ0) is 13.5. The van der Waals surface area contributed by atoms with Crippen molar-refractivity contribution in [1.29, 1.82) is 0 Å². The molecule has 1 saturated carbocycles. The standard InChI is InChI=1S/C13H19N5O/c1-9-4-3-5-13(14,6-9)12-16-11(17-19-12)10-7-15-8-18(10)2/h7-9H,3-6,14H2,1-2H3. The molecule has 19 heavy (non-hydrogen) atoms. The molecule has 2 aromatic heterocycles. The van der Waals surface area contributed by atoms with Gasteiger partial charge >= 0.3 is 0 Å². The fraction of sp³-hybridized carbons (Fsp3) is 0.615. The first-order valence-electron chi connectivity index (χ1n) is 6.68. The van der Waals surface area contributed by atoms with E-state index >= 15 is 0 Å². The quantitative estimate of drug-likeness (QED) is 0.891. The van der Waals surface area contributed by atoms with Gasteiger partial charge in [-0.3, -0.25) is 0 Å². The van der Waals surface area contributed by atoms with E-state index in [9.17, 15) is 0 Å². The van der Waals surface area contributed by atoms with Gasteiger partial charge in [0.2, 0.25) is 11.7 Å². The molecular formula is C13H19N5O. The van der Waals surface area contributed by atoms with Gasteiger partial charge in [0.25, 0.3) is 0 Å². The molecule has 1 fully saturated rings. The number of aryl methyl sites for hydroxylation is 1. The zero-order valence-electron chi connectivity index (χ0n) is 11.3. The summed E-state index contributed by atoms with van der Waals surface area (Å²) < 4.78 is 7.27. The summed E-state index contributed by atoms with van der Waals surface area (Å²) in [6.07, 6.45) is 7.58. The zero-order valence-corrected chi connectivity index (χ0v) is 11.3. The molecule has 2 aromatic rings. The van der Waals surface area contributed by atoms with E-state index in [2.05, 4.69) is 22.0 Å². The summed E-state index contributed by atoms with van der Waals surface area (Å²) >= 11 is 0. The lowest BCUT2D eigenvalue weighted by Crippen LogP contribution is -2.41. The average molecular weight is 261 g/mol. The molecule has 0 radical (unpaired) electrons. The van der Waals surface area contributed by atoms with Crippen LogP contribution in [0.2, 0.25) is 0 Å². The lowest BCUT2D eigenvalue weighted by Gasteiger charge is -2.33. The van der Waals surface area contributed by atoms with Crippen molar-refractivity contribution in [3.05, 3.63) is 18.4 Å². The first kappa shape index (κ1) is 12.3. The third kappa shape index (κ3) is 2.16. The topological polar surface area (TPSA) is 82.8 Å². The molecule has 0 saturated heterocycles. The fourth-order valence-electron chi connectivity index (χ4n) is 2.89. The van der Waals surface area contributed by atoms with Gasteiger partial charge in [0.15, 0.2) is 0 Å². The molecule has 102 valence electrons. The highest BCUT2D eigenvalue weighted by Gasteiger charge is 2.38. The van der Waals surface area contributed by atoms with Gasteiger partial charge in [-0.2, -0.15) is 4.98 Å². The lowest BCUT2D eigenvalue weighted by atomic mass is 9.77. The van der Waals surface area contributed by atoms with Gasteiger partial charge in [-0.1, -0.05) is 24.9 Å². The number of imidazole rings is 1. The summed E-state index contributed by atoms with van der Waals surface area (Å²) in [6, 6.07) is 0. The van der Waals surface area contributed by atoms with Crippen LogP contribution in [0.25, 0.3) is 11.5 Å². The molecule has 6 nitrogen and oxygen atoms in total. The first-order valence-corrected chi connectivity index (χ1v) is 6.68. The molecule has 0 bridgehead atoms. The molecule has 2 atom stereocenters. The summed E-state index contributed by atoms with van der Waals surface area (Å²) in [5, 5.41) is 4.04. The Hall–Kier alpha value is -1.69. The van der Waals surface area contributed by atoms with E-state index in [1.54, 1.807) is 12.5 Å². The van der Waals surface area contributed by atoms with Gasteiger partial charge in [0, 0.05) is 7.05 Å². The molecule has 1 aliphatic carbocycles. The summed E-state index contributed by atoms with van der Waals surface area (Å²) in [6.45, 7) is 2.22. The Morgan fingerprint density at radius 1 is 1.53 bits per heavy atom. The van der Waals surface area contributed by atoms with E-state index in [1.165, 1.54) is 6.42 Å². The third-order valence-corrected chi connectivity index (χ3v) is 3.93. The van der Waals surface area contributed by atoms with Crippen LogP contribution in [0.5, 0.6) is 0 Å². The second kappa shape index (κ2) is 4.45. The maximum atomic E-state index is 6.46. The van der Waals surface area contributed by atoms with E-state index in [0.29, 0.717) is 17.6 Å². The number of rotatable bonds is 2. The summed E-state index contributed by atoms with van der Waals surface area (Å²) in [4.78, 5) is 8.54. The number of hydrogen-bond acceptors (Lipinski definition) is 5. The van der Waals surface area contributed by atoms with Gasteiger partial charge < -0.3 is 14.8 Å². The molecule has 0 aliphatic heterocycles. The molecule has 1 aliphatic rings. The third-order valence-electron chi connectivity index (χ3n) is 3.93. The maximum absolute atomic E-state index is 6.46. The second-order valence-corrected chi connectivity index (χ2v) is 5.67. The summed E-state index contributed by atoms with van der Waals surface area (Å²) in [7, 11) is 1.90. The van der Waals surface area contributed by atoms with Crippen LogP contribution in [-0.4, -0.2) is 19.7 Å². The Labute approximate surface area is 112 Å². The number of nitrogens with zero attached hydrogens (tertiary/aromatic N) is 4. The summed E-state index contributed by atoms with van der Waals surface area (Å²) in [5.74, 6) is 1.71. The van der Waals surface area contributed by atoms with Gasteiger partial charge in [-0.15, -0.1) is 0 Å². The second-order valence-electron chi connectivity index (χ2n) is 5.67. The van der Waals surface area contributed by atoms with Crippen molar-refractivity contribution in [3.8, 4) is 11.5 Å². The predicted octanol–water partition coefficient (Wildman–Crippen LogP) is 1.83. The van der Waals surface area contributed by atoms with Crippen LogP contribution in [0.15, 0.2) is 17.0 Å². The van der Waals surface area contributed by atoms with Crippen LogP contribution in [0.4, 0.5) is 0 Å². The molecule has 2 N–H and O–H groups in total. The average Bonchev–Trinajstić information content (AvgIpc) is 2.96. The maximum Gasteiger partial charge on any atom is 0.247 e. The molecule has 0 spiro atoms. The van der Waals surface area contributed by atoms with Gasteiger partial charge in [0.05, 0.1) is 18.1 Å². The minimum absolute atomic E-state index is 0.471. The van der Waals surface area contributed by atoms with Crippen molar-refractivity contribution >= 4 is 0 Å². The SMILES string of the molecule is CC1CCCC(N)(c2nc(-c3cncn3C)no2)C1. The predicted molar refractivity (Wildman–Crippen MR) is 70.0 cm³/mol. The summed E-state index contributed by atoms with van der Waals surface area (Å²) in [5.41, 5.74) is 6.82. The van der Waals surface area contributed by atoms with E-state index in [4.69, 9.17) is 10.3 Å². The highest BCUT2D eigenvalue weighted by molar-refractivity contribution is 5.47. The lowest BCUT2D eigenvalue weighted by molar-refractivity contribution is 0.183. The van der Waals surface area contributed by atoms with Crippen molar-refractivity contribution in [2.24, 2.45) is 18.7 Å². The van der Waals surface area contributed by atoms with Crippen molar-refractivity contribution in [2.75, 3.05) is 0 Å². The number of hydrogen-bond donors (Lipinski definition) is 1. The Morgan fingerprint density at radius 2 is 2.37 bits per heavy atom. The van der Waals surface area contributed by atoms with Crippen LogP contribution >= 0.6 is 0 Å². The smallest absolute Gasteiger partial charge is 0.247 e. The minimum Gasteiger partial charge on any atom is -0.337 e. The van der Waals surface area contributed by atoms with Crippen molar-refractivity contribution in [2.45, 2.75) is 38.1 Å². The number of nitrogens with two attached hydrogens (primary N) is 1. The number of aromatic nitrogens is 4. The van der Waals surface area contributed by atoms with E-state index in [0.717, 1.165) is 25.0 Å². The van der Waals surface area contributed by atoms with Gasteiger partial charge in [-0.25, -0.2) is 4.98 Å². The van der Waals surface area contributed by atoms with Crippen LogP contribution in [0.3, 0.4) is 0 Å². The molecule has 6 heteroatoms. The van der Waals surface area contributed by atoms with Gasteiger partial charge in [0.1, 0.15) is 5.69 Å². The van der Waals surface area contributed by atoms with Crippen molar-refractivity contribution < 1.29 is 4.52 Å². The minimum atomic E-state index is -0.471. The fourth-order valence-corrected chi connectivity index (χ4v) is 2.89. The van der Waals surface area contributed by atoms with Crippen LogP contribution < -0.4 is 5.73 Å². The van der Waals surface area contributed by atoms with Crippen LogP contribution in [-0.2, 0) is 12.6 Å². The Balaban J connectivity index is 1.91. The Kier molecular flexibility index (Phi) is 2.89. The highest BCUT2D eigenvalue weighted by Crippen LogP contribution is 2.37. The Morgan fingerprint density at radius 3 is 3.05 bits per heavy atom. The highest BCUT2D eigenvalue weighted by atomic mass is 16.5. The first-order chi connectivity index (χ1) is 9.08. The molecule has 0 amide bonds. The molecule has 3 rings (SSSR count). The molecular weight excluding hydrogens is 242 g/mol. The van der Waals surface area contributed by atoms with Crippen LogP contribution in [0.1, 0.15) is 38.5 Å². The van der Waals surface area contributed by atoms with E-state index in [-0.39, 0.29) is 0 Å². The largest absolute Gasteiger partial charge is 0.337 e. The normalized spacial score (nSPS) is 27.6. The van der Waals surface area contributed by atoms with Gasteiger partial charge in [-0.05, 0) is 18.8 Å². The Bertz CT molecular complexity index is 575.